The fourth-order valence-corrected chi connectivity index (χ4v) is 2.37. The summed E-state index contributed by atoms with van der Waals surface area (Å²) in [6.07, 6.45) is 0. The van der Waals surface area contributed by atoms with Gasteiger partial charge in [-0.2, -0.15) is 0 Å². The van der Waals surface area contributed by atoms with Crippen LogP contribution in [0, 0.1) is 0 Å². The van der Waals surface area contributed by atoms with Crippen molar-refractivity contribution in [1.82, 2.24) is 19.1 Å². The molecule has 0 aliphatic heterocycles. The van der Waals surface area contributed by atoms with Gasteiger partial charge in [-0.15, -0.1) is 0 Å². The number of aryl methyl sites for hydroxylation is 1. The quantitative estimate of drug-likeness (QED) is 0.737. The minimum Gasteiger partial charge on any atom is -0.480 e. The number of hydrogen-bond donors (Lipinski definition) is 2. The molecular formula is C10H12N4O4S. The van der Waals surface area contributed by atoms with Crippen molar-refractivity contribution < 1.29 is 9.90 Å². The Hall–Kier alpha value is -2.03. The van der Waals surface area contributed by atoms with Crippen LogP contribution < -0.4 is 11.2 Å². The molecule has 0 bridgehead atoms. The van der Waals surface area contributed by atoms with Crippen molar-refractivity contribution in [1.29, 1.82) is 0 Å². The SMILES string of the molecule is C[C@H](Sc1nc2[nH]c(=O)n(C)c(=O)c2n1C)C(=O)O. The van der Waals surface area contributed by atoms with Crippen LogP contribution in [-0.4, -0.2) is 35.4 Å². The minimum absolute atomic E-state index is 0.163. The highest BCUT2D eigenvalue weighted by molar-refractivity contribution is 8.00. The maximum Gasteiger partial charge on any atom is 0.329 e. The molecular weight excluding hydrogens is 272 g/mol. The van der Waals surface area contributed by atoms with Gasteiger partial charge in [0.15, 0.2) is 16.3 Å². The molecule has 0 aliphatic rings. The molecule has 0 aliphatic carbocycles. The Kier molecular flexibility index (Phi) is 3.23. The van der Waals surface area contributed by atoms with Crippen molar-refractivity contribution >= 4 is 28.9 Å². The number of hydrogen-bond acceptors (Lipinski definition) is 5. The number of carboxylic acid groups (broad SMARTS) is 1. The highest BCUT2D eigenvalue weighted by Crippen LogP contribution is 2.23. The molecule has 102 valence electrons. The number of rotatable bonds is 3. The molecule has 0 spiro atoms. The summed E-state index contributed by atoms with van der Waals surface area (Å²) >= 11 is 1.01. The van der Waals surface area contributed by atoms with Gasteiger partial charge >= 0.3 is 11.7 Å². The molecule has 1 atom stereocenters. The van der Waals surface area contributed by atoms with Crippen molar-refractivity contribution in [2.75, 3.05) is 0 Å². The number of carbonyl (C=O) groups is 1. The molecule has 0 radical (unpaired) electrons. The Morgan fingerprint density at radius 2 is 2.00 bits per heavy atom. The lowest BCUT2D eigenvalue weighted by molar-refractivity contribution is -0.136. The van der Waals surface area contributed by atoms with E-state index in [-0.39, 0.29) is 11.2 Å². The van der Waals surface area contributed by atoms with Crippen molar-refractivity contribution in [3.05, 3.63) is 20.8 Å². The molecule has 9 heteroatoms. The van der Waals surface area contributed by atoms with Crippen molar-refractivity contribution in [3.8, 4) is 0 Å². The number of H-pyrrole nitrogens is 1. The van der Waals surface area contributed by atoms with E-state index in [4.69, 9.17) is 5.11 Å². The zero-order chi connectivity index (χ0) is 14.3. The van der Waals surface area contributed by atoms with Crippen LogP contribution in [0.2, 0.25) is 0 Å². The molecule has 2 N–H and O–H groups in total. The van der Waals surface area contributed by atoms with E-state index in [1.54, 1.807) is 7.05 Å². The zero-order valence-corrected chi connectivity index (χ0v) is 11.3. The molecule has 2 aromatic rings. The summed E-state index contributed by atoms with van der Waals surface area (Å²) in [5, 5.41) is 8.53. The predicted octanol–water partition coefficient (Wildman–Crippen LogP) is -0.475. The van der Waals surface area contributed by atoms with E-state index in [0.717, 1.165) is 16.3 Å². The second-order valence-electron chi connectivity index (χ2n) is 4.04. The van der Waals surface area contributed by atoms with Gasteiger partial charge in [-0.1, -0.05) is 11.8 Å². The average Bonchev–Trinajstić information content (AvgIpc) is 2.63. The first-order chi connectivity index (χ1) is 8.82. The van der Waals surface area contributed by atoms with Crippen molar-refractivity contribution in [2.24, 2.45) is 14.1 Å². The fraction of sp³-hybridized carbons (Fsp3) is 0.400. The number of carboxylic acids is 1. The van der Waals surface area contributed by atoms with Crippen LogP contribution in [0.15, 0.2) is 14.7 Å². The topological polar surface area (TPSA) is 110 Å². The van der Waals surface area contributed by atoms with Crippen LogP contribution in [0.3, 0.4) is 0 Å². The Morgan fingerprint density at radius 1 is 1.37 bits per heavy atom. The number of aliphatic carboxylic acids is 1. The summed E-state index contributed by atoms with van der Waals surface area (Å²) in [6.45, 7) is 1.52. The van der Waals surface area contributed by atoms with Gasteiger partial charge in [-0.05, 0) is 6.92 Å². The van der Waals surface area contributed by atoms with Gasteiger partial charge in [0.1, 0.15) is 5.25 Å². The van der Waals surface area contributed by atoms with Gasteiger partial charge in [-0.3, -0.25) is 19.1 Å². The number of fused-ring (bicyclic) bond motifs is 1. The monoisotopic (exact) mass is 284 g/mol. The van der Waals surface area contributed by atoms with Gasteiger partial charge in [0.25, 0.3) is 5.56 Å². The van der Waals surface area contributed by atoms with Crippen LogP contribution in [0.1, 0.15) is 6.92 Å². The first kappa shape index (κ1) is 13.4. The van der Waals surface area contributed by atoms with Crippen LogP contribution in [0.5, 0.6) is 0 Å². The normalized spacial score (nSPS) is 12.8. The Labute approximate surface area is 111 Å². The van der Waals surface area contributed by atoms with Crippen molar-refractivity contribution in [3.63, 3.8) is 0 Å². The van der Waals surface area contributed by atoms with Crippen molar-refractivity contribution in [2.45, 2.75) is 17.3 Å². The molecule has 2 aromatic heterocycles. The Morgan fingerprint density at radius 3 is 2.58 bits per heavy atom. The summed E-state index contributed by atoms with van der Waals surface area (Å²) in [5.74, 6) is -0.974. The van der Waals surface area contributed by atoms with E-state index < -0.39 is 22.5 Å². The molecule has 0 saturated heterocycles. The molecule has 8 nitrogen and oxygen atoms in total. The predicted molar refractivity (Wildman–Crippen MR) is 69.5 cm³/mol. The summed E-state index contributed by atoms with van der Waals surface area (Å²) in [7, 11) is 2.96. The number of nitrogens with one attached hydrogen (secondary N) is 1. The zero-order valence-electron chi connectivity index (χ0n) is 10.5. The van der Waals surface area contributed by atoms with Gasteiger partial charge in [0, 0.05) is 14.1 Å². The smallest absolute Gasteiger partial charge is 0.329 e. The highest BCUT2D eigenvalue weighted by Gasteiger charge is 2.19. The first-order valence-corrected chi connectivity index (χ1v) is 6.26. The van der Waals surface area contributed by atoms with E-state index in [1.165, 1.54) is 18.5 Å². The van der Waals surface area contributed by atoms with E-state index in [0.29, 0.717) is 5.16 Å². The third-order valence-corrected chi connectivity index (χ3v) is 3.85. The fourth-order valence-electron chi connectivity index (χ4n) is 1.56. The van der Waals surface area contributed by atoms with E-state index in [9.17, 15) is 14.4 Å². The maximum atomic E-state index is 12.0. The number of aromatic nitrogens is 4. The summed E-state index contributed by atoms with van der Waals surface area (Å²) in [6, 6.07) is 0. The van der Waals surface area contributed by atoms with Crippen LogP contribution in [-0.2, 0) is 18.9 Å². The average molecular weight is 284 g/mol. The standard InChI is InChI=1S/C10H12N4O4S/c1-4(8(16)17)19-10-12-6-5(13(10)2)7(15)14(3)9(18)11-6/h4H,1-3H3,(H,11,18)(H,16,17)/t4-/m0/s1. The number of imidazole rings is 1. The van der Waals surface area contributed by atoms with Crippen LogP contribution in [0.25, 0.3) is 11.2 Å². The first-order valence-electron chi connectivity index (χ1n) is 5.38. The lowest BCUT2D eigenvalue weighted by atomic mass is 10.5. The Bertz CT molecular complexity index is 772. The second-order valence-corrected chi connectivity index (χ2v) is 5.35. The van der Waals surface area contributed by atoms with Gasteiger partial charge in [0.05, 0.1) is 0 Å². The second kappa shape index (κ2) is 4.57. The summed E-state index contributed by atoms with van der Waals surface area (Å²) < 4.78 is 2.43. The number of nitrogens with zero attached hydrogens (tertiary/aromatic N) is 3. The van der Waals surface area contributed by atoms with E-state index in [2.05, 4.69) is 9.97 Å². The third kappa shape index (κ3) is 2.16. The Balaban J connectivity index is 2.64. The molecule has 0 unspecified atom stereocenters. The van der Waals surface area contributed by atoms with Crippen LogP contribution >= 0.6 is 11.8 Å². The largest absolute Gasteiger partial charge is 0.480 e. The molecule has 0 aromatic carbocycles. The summed E-state index contributed by atoms with van der Waals surface area (Å²) in [4.78, 5) is 40.8. The van der Waals surface area contributed by atoms with Gasteiger partial charge in [0.2, 0.25) is 0 Å². The lowest BCUT2D eigenvalue weighted by Crippen LogP contribution is -2.33. The maximum absolute atomic E-state index is 12.0. The van der Waals surface area contributed by atoms with Gasteiger partial charge in [-0.25, -0.2) is 9.78 Å². The molecule has 0 amide bonds. The molecule has 0 fully saturated rings. The minimum atomic E-state index is -0.974. The summed E-state index contributed by atoms with van der Waals surface area (Å²) in [5.41, 5.74) is -0.625. The molecule has 2 heterocycles. The van der Waals surface area contributed by atoms with E-state index >= 15 is 0 Å². The number of aromatic amines is 1. The molecule has 19 heavy (non-hydrogen) atoms. The molecule has 0 saturated carbocycles. The lowest BCUT2D eigenvalue weighted by Gasteiger charge is -2.05. The van der Waals surface area contributed by atoms with Gasteiger partial charge < -0.3 is 9.67 Å². The van der Waals surface area contributed by atoms with Crippen LogP contribution in [0.4, 0.5) is 0 Å². The number of thioether (sulfide) groups is 1. The van der Waals surface area contributed by atoms with E-state index in [1.807, 2.05) is 0 Å². The third-order valence-electron chi connectivity index (χ3n) is 2.72. The molecule has 2 rings (SSSR count). The highest BCUT2D eigenvalue weighted by atomic mass is 32.2.